The summed E-state index contributed by atoms with van der Waals surface area (Å²) in [6.07, 6.45) is -0.481. The predicted octanol–water partition coefficient (Wildman–Crippen LogP) is 5.36. The van der Waals surface area contributed by atoms with Crippen molar-refractivity contribution in [1.82, 2.24) is 4.98 Å². The van der Waals surface area contributed by atoms with Crippen LogP contribution < -0.4 is 10.1 Å². The number of carbonyl (C=O) groups is 1. The topological polar surface area (TPSA) is 60.5 Å². The zero-order valence-electron chi connectivity index (χ0n) is 14.9. The first kappa shape index (κ1) is 17.9. The largest absolute Gasteiger partial charge is 0.497 e. The predicted molar refractivity (Wildman–Crippen MR) is 105 cm³/mol. The molecule has 134 valence electrons. The van der Waals surface area contributed by atoms with E-state index in [1.165, 1.54) is 16.9 Å². The van der Waals surface area contributed by atoms with Crippen molar-refractivity contribution in [1.29, 1.82) is 0 Å². The van der Waals surface area contributed by atoms with Crippen molar-refractivity contribution < 1.29 is 14.3 Å². The standard InChI is InChI=1S/C20H20N2O3S/c1-4-25-20(23)22-19-17(14-7-5-13(2)6-8-14)21-18(26-19)15-9-11-16(24-3)12-10-15/h5-12H,4H2,1-3H3,(H,22,23). The Bertz CT molecular complexity index is 886. The average Bonchev–Trinajstić information content (AvgIpc) is 3.06. The van der Waals surface area contributed by atoms with E-state index in [4.69, 9.17) is 14.5 Å². The molecule has 0 aliphatic heterocycles. The van der Waals surface area contributed by atoms with Crippen molar-refractivity contribution >= 4 is 22.4 Å². The van der Waals surface area contributed by atoms with Gasteiger partial charge in [0.15, 0.2) is 0 Å². The Morgan fingerprint density at radius 2 is 1.73 bits per heavy atom. The molecule has 1 amide bonds. The minimum atomic E-state index is -0.481. The molecule has 5 nitrogen and oxygen atoms in total. The van der Waals surface area contributed by atoms with Crippen molar-refractivity contribution in [2.24, 2.45) is 0 Å². The summed E-state index contributed by atoms with van der Waals surface area (Å²) in [6, 6.07) is 15.7. The third-order valence-electron chi connectivity index (χ3n) is 3.78. The van der Waals surface area contributed by atoms with Gasteiger partial charge in [0.2, 0.25) is 0 Å². The quantitative estimate of drug-likeness (QED) is 0.658. The molecule has 0 bridgehead atoms. The van der Waals surface area contributed by atoms with Crippen molar-refractivity contribution in [3.8, 4) is 27.6 Å². The monoisotopic (exact) mass is 368 g/mol. The Morgan fingerprint density at radius 3 is 2.35 bits per heavy atom. The van der Waals surface area contributed by atoms with Crippen LogP contribution in [0, 0.1) is 6.92 Å². The molecule has 6 heteroatoms. The van der Waals surface area contributed by atoms with Gasteiger partial charge in [0, 0.05) is 11.1 Å². The van der Waals surface area contributed by atoms with E-state index < -0.39 is 6.09 Å². The molecule has 26 heavy (non-hydrogen) atoms. The highest BCUT2D eigenvalue weighted by Gasteiger charge is 2.17. The number of methoxy groups -OCH3 is 1. The minimum absolute atomic E-state index is 0.315. The summed E-state index contributed by atoms with van der Waals surface area (Å²) in [5.41, 5.74) is 3.80. The second kappa shape index (κ2) is 8.01. The van der Waals surface area contributed by atoms with E-state index in [1.807, 2.05) is 55.5 Å². The molecule has 0 atom stereocenters. The second-order valence-corrected chi connectivity index (χ2v) is 6.64. The number of aryl methyl sites for hydroxylation is 1. The maximum Gasteiger partial charge on any atom is 0.412 e. The molecular weight excluding hydrogens is 348 g/mol. The Balaban J connectivity index is 2.00. The van der Waals surface area contributed by atoms with Crippen molar-refractivity contribution in [2.45, 2.75) is 13.8 Å². The fourth-order valence-electron chi connectivity index (χ4n) is 2.43. The lowest BCUT2D eigenvalue weighted by atomic mass is 10.1. The van der Waals surface area contributed by atoms with Crippen LogP contribution in [-0.2, 0) is 4.74 Å². The number of anilines is 1. The van der Waals surface area contributed by atoms with E-state index in [-0.39, 0.29) is 0 Å². The first-order chi connectivity index (χ1) is 12.6. The number of ether oxygens (including phenoxy) is 2. The fraction of sp³-hybridized carbons (Fsp3) is 0.200. The van der Waals surface area contributed by atoms with Gasteiger partial charge in [-0.05, 0) is 38.1 Å². The van der Waals surface area contributed by atoms with Crippen LogP contribution >= 0.6 is 11.3 Å². The minimum Gasteiger partial charge on any atom is -0.497 e. The van der Waals surface area contributed by atoms with Gasteiger partial charge in [0.1, 0.15) is 21.5 Å². The number of nitrogens with one attached hydrogen (secondary N) is 1. The lowest BCUT2D eigenvalue weighted by Gasteiger charge is -2.05. The summed E-state index contributed by atoms with van der Waals surface area (Å²) in [5.74, 6) is 0.786. The normalized spacial score (nSPS) is 10.4. The Kier molecular flexibility index (Phi) is 5.53. The van der Waals surface area contributed by atoms with Crippen LogP contribution in [0.15, 0.2) is 48.5 Å². The lowest BCUT2D eigenvalue weighted by Crippen LogP contribution is -2.12. The molecule has 1 N–H and O–H groups in total. The summed E-state index contributed by atoms with van der Waals surface area (Å²) in [7, 11) is 1.63. The Morgan fingerprint density at radius 1 is 1.08 bits per heavy atom. The zero-order valence-corrected chi connectivity index (χ0v) is 15.7. The number of benzene rings is 2. The van der Waals surface area contributed by atoms with E-state index in [2.05, 4.69) is 5.32 Å². The van der Waals surface area contributed by atoms with Crippen molar-refractivity contribution in [3.63, 3.8) is 0 Å². The maximum atomic E-state index is 11.9. The molecule has 0 saturated heterocycles. The summed E-state index contributed by atoms with van der Waals surface area (Å²) < 4.78 is 10.2. The van der Waals surface area contributed by atoms with Crippen LogP contribution in [0.25, 0.3) is 21.8 Å². The van der Waals surface area contributed by atoms with E-state index >= 15 is 0 Å². The Hall–Kier alpha value is -2.86. The first-order valence-electron chi connectivity index (χ1n) is 8.26. The summed E-state index contributed by atoms with van der Waals surface area (Å²) in [5, 5.41) is 4.29. The van der Waals surface area contributed by atoms with Gasteiger partial charge >= 0.3 is 6.09 Å². The third-order valence-corrected chi connectivity index (χ3v) is 4.80. The molecule has 3 aromatic rings. The zero-order chi connectivity index (χ0) is 18.5. The molecular formula is C20H20N2O3S. The van der Waals surface area contributed by atoms with E-state index in [0.29, 0.717) is 11.6 Å². The van der Waals surface area contributed by atoms with Crippen LogP contribution in [0.5, 0.6) is 5.75 Å². The van der Waals surface area contributed by atoms with Gasteiger partial charge in [0.05, 0.1) is 13.7 Å². The SMILES string of the molecule is CCOC(=O)Nc1sc(-c2ccc(OC)cc2)nc1-c1ccc(C)cc1. The lowest BCUT2D eigenvalue weighted by molar-refractivity contribution is 0.168. The van der Waals surface area contributed by atoms with Gasteiger partial charge in [-0.3, -0.25) is 5.32 Å². The van der Waals surface area contributed by atoms with Crippen LogP contribution in [-0.4, -0.2) is 24.8 Å². The number of rotatable bonds is 5. The molecule has 0 fully saturated rings. The number of hydrogen-bond donors (Lipinski definition) is 1. The van der Waals surface area contributed by atoms with Gasteiger partial charge in [-0.2, -0.15) is 0 Å². The Labute approximate surface area is 156 Å². The fourth-order valence-corrected chi connectivity index (χ4v) is 3.41. The number of hydrogen-bond acceptors (Lipinski definition) is 5. The van der Waals surface area contributed by atoms with Gasteiger partial charge in [-0.25, -0.2) is 9.78 Å². The van der Waals surface area contributed by atoms with Crippen LogP contribution in [0.3, 0.4) is 0 Å². The van der Waals surface area contributed by atoms with Crippen LogP contribution in [0.1, 0.15) is 12.5 Å². The molecule has 0 radical (unpaired) electrons. The average molecular weight is 368 g/mol. The van der Waals surface area contributed by atoms with Crippen molar-refractivity contribution in [2.75, 3.05) is 19.0 Å². The summed E-state index contributed by atoms with van der Waals surface area (Å²) in [4.78, 5) is 16.7. The maximum absolute atomic E-state index is 11.9. The molecule has 2 aromatic carbocycles. The molecule has 1 aromatic heterocycles. The molecule has 0 saturated carbocycles. The van der Waals surface area contributed by atoms with Gasteiger partial charge in [-0.15, -0.1) is 0 Å². The highest BCUT2D eigenvalue weighted by Crippen LogP contribution is 2.38. The third kappa shape index (κ3) is 4.03. The summed E-state index contributed by atoms with van der Waals surface area (Å²) in [6.45, 7) is 4.12. The molecule has 0 aliphatic carbocycles. The van der Waals surface area contributed by atoms with Gasteiger partial charge in [-0.1, -0.05) is 41.2 Å². The number of amides is 1. The smallest absolute Gasteiger partial charge is 0.412 e. The first-order valence-corrected chi connectivity index (χ1v) is 9.08. The summed E-state index contributed by atoms with van der Waals surface area (Å²) >= 11 is 1.42. The second-order valence-electron chi connectivity index (χ2n) is 5.64. The van der Waals surface area contributed by atoms with Gasteiger partial charge < -0.3 is 9.47 Å². The van der Waals surface area contributed by atoms with E-state index in [1.54, 1.807) is 14.0 Å². The molecule has 0 unspecified atom stereocenters. The number of aromatic nitrogens is 1. The van der Waals surface area contributed by atoms with Crippen LogP contribution in [0.4, 0.5) is 9.80 Å². The molecule has 1 heterocycles. The number of thiazole rings is 1. The highest BCUT2D eigenvalue weighted by atomic mass is 32.1. The molecule has 0 aliphatic rings. The number of nitrogens with zero attached hydrogens (tertiary/aromatic N) is 1. The molecule has 3 rings (SSSR count). The van der Waals surface area contributed by atoms with E-state index in [9.17, 15) is 4.79 Å². The van der Waals surface area contributed by atoms with Crippen molar-refractivity contribution in [3.05, 3.63) is 54.1 Å². The number of carbonyl (C=O) groups excluding carboxylic acids is 1. The van der Waals surface area contributed by atoms with Gasteiger partial charge in [0.25, 0.3) is 0 Å². The highest BCUT2D eigenvalue weighted by molar-refractivity contribution is 7.19. The van der Waals surface area contributed by atoms with E-state index in [0.717, 1.165) is 27.6 Å². The molecule has 0 spiro atoms. The van der Waals surface area contributed by atoms with Crippen LogP contribution in [0.2, 0.25) is 0 Å².